The van der Waals surface area contributed by atoms with Gasteiger partial charge in [0.15, 0.2) is 0 Å². The summed E-state index contributed by atoms with van der Waals surface area (Å²) in [5.41, 5.74) is 9.07. The van der Waals surface area contributed by atoms with Crippen molar-refractivity contribution in [2.75, 3.05) is 0 Å². The second-order valence-electron chi connectivity index (χ2n) is 7.18. The van der Waals surface area contributed by atoms with Crippen LogP contribution in [0.4, 0.5) is 0 Å². The molecule has 6 heteroatoms. The zero-order chi connectivity index (χ0) is 20.5. The van der Waals surface area contributed by atoms with Crippen molar-refractivity contribution in [3.8, 4) is 34.0 Å². The summed E-state index contributed by atoms with van der Waals surface area (Å²) in [6.07, 6.45) is 0. The van der Waals surface area contributed by atoms with Gasteiger partial charge in [0.25, 0.3) is 5.89 Å². The van der Waals surface area contributed by atoms with E-state index in [1.807, 2.05) is 6.07 Å². The first-order valence-electron chi connectivity index (χ1n) is 9.34. The van der Waals surface area contributed by atoms with E-state index in [0.717, 1.165) is 22.3 Å². The number of nitrogens with zero attached hydrogens (tertiary/aromatic N) is 2. The molecule has 0 aliphatic heterocycles. The largest absolute Gasteiger partial charge is 0.392 e. The van der Waals surface area contributed by atoms with Gasteiger partial charge in [-0.2, -0.15) is 16.3 Å². The van der Waals surface area contributed by atoms with Crippen LogP contribution in [-0.4, -0.2) is 20.4 Å². The predicted molar refractivity (Wildman–Crippen MR) is 115 cm³/mol. The van der Waals surface area contributed by atoms with Crippen LogP contribution >= 0.6 is 11.3 Å². The third-order valence-electron chi connectivity index (χ3n) is 5.14. The Morgan fingerprint density at radius 1 is 0.862 bits per heavy atom. The number of aryl methyl sites for hydroxylation is 3. The highest BCUT2D eigenvalue weighted by Crippen LogP contribution is 2.35. The summed E-state index contributed by atoms with van der Waals surface area (Å²) in [6.45, 7) is 6.05. The van der Waals surface area contributed by atoms with Crippen LogP contribution in [0.3, 0.4) is 0 Å². The number of aliphatic hydroxyl groups excluding tert-OH is 2. The second-order valence-corrected chi connectivity index (χ2v) is 7.92. The van der Waals surface area contributed by atoms with Crippen molar-refractivity contribution in [3.63, 3.8) is 0 Å². The van der Waals surface area contributed by atoms with Crippen molar-refractivity contribution < 1.29 is 14.7 Å². The topological polar surface area (TPSA) is 79.4 Å². The molecule has 148 valence electrons. The van der Waals surface area contributed by atoms with Gasteiger partial charge >= 0.3 is 0 Å². The number of hydrogen-bond acceptors (Lipinski definition) is 6. The summed E-state index contributed by atoms with van der Waals surface area (Å²) in [6, 6.07) is 9.51. The standard InChI is InChI=1S/C23H22N2O3S/c1-13-6-18(7-14(2)21(13)20-12-29-11-15(20)3)23-24-22(25-28-23)16-4-5-17(9-26)19(8-16)10-27/h4-8,11-12,26-27H,9-10H2,1-3H3. The van der Waals surface area contributed by atoms with Crippen LogP contribution in [0.5, 0.6) is 0 Å². The molecule has 0 spiro atoms. The Kier molecular flexibility index (Phi) is 5.32. The van der Waals surface area contributed by atoms with Crippen LogP contribution in [-0.2, 0) is 13.2 Å². The molecule has 0 aliphatic rings. The second kappa shape index (κ2) is 7.91. The van der Waals surface area contributed by atoms with Gasteiger partial charge < -0.3 is 14.7 Å². The van der Waals surface area contributed by atoms with Crippen molar-refractivity contribution >= 4 is 11.3 Å². The zero-order valence-corrected chi connectivity index (χ0v) is 17.4. The number of thiophene rings is 1. The van der Waals surface area contributed by atoms with Crippen molar-refractivity contribution in [1.82, 2.24) is 10.1 Å². The van der Waals surface area contributed by atoms with Crippen LogP contribution < -0.4 is 0 Å². The maximum atomic E-state index is 9.51. The molecule has 29 heavy (non-hydrogen) atoms. The van der Waals surface area contributed by atoms with E-state index in [1.54, 1.807) is 23.5 Å². The zero-order valence-electron chi connectivity index (χ0n) is 16.6. The lowest BCUT2D eigenvalue weighted by atomic mass is 9.93. The summed E-state index contributed by atoms with van der Waals surface area (Å²) in [4.78, 5) is 4.55. The van der Waals surface area contributed by atoms with Crippen molar-refractivity contribution in [3.05, 3.63) is 68.9 Å². The number of aliphatic hydroxyl groups is 2. The van der Waals surface area contributed by atoms with Gasteiger partial charge in [-0.3, -0.25) is 0 Å². The highest BCUT2D eigenvalue weighted by molar-refractivity contribution is 7.08. The molecule has 2 N–H and O–H groups in total. The van der Waals surface area contributed by atoms with Crippen molar-refractivity contribution in [1.29, 1.82) is 0 Å². The average molecular weight is 407 g/mol. The molecule has 0 saturated carbocycles. The number of rotatable bonds is 5. The average Bonchev–Trinajstić information content (AvgIpc) is 3.37. The predicted octanol–water partition coefficient (Wildman–Crippen LogP) is 5.04. The van der Waals surface area contributed by atoms with Crippen LogP contribution in [0.2, 0.25) is 0 Å². The molecule has 2 aromatic carbocycles. The molecule has 0 amide bonds. The van der Waals surface area contributed by atoms with E-state index in [0.29, 0.717) is 22.8 Å². The third-order valence-corrected chi connectivity index (χ3v) is 6.00. The van der Waals surface area contributed by atoms with Crippen LogP contribution in [0.15, 0.2) is 45.6 Å². The summed E-state index contributed by atoms with van der Waals surface area (Å²) >= 11 is 1.71. The van der Waals surface area contributed by atoms with Gasteiger partial charge in [-0.05, 0) is 88.7 Å². The minimum Gasteiger partial charge on any atom is -0.392 e. The molecule has 0 saturated heterocycles. The minimum atomic E-state index is -0.156. The highest BCUT2D eigenvalue weighted by atomic mass is 32.1. The first-order valence-corrected chi connectivity index (χ1v) is 10.3. The lowest BCUT2D eigenvalue weighted by Crippen LogP contribution is -1.95. The Hall–Kier alpha value is -2.80. The van der Waals surface area contributed by atoms with Gasteiger partial charge in [-0.1, -0.05) is 17.3 Å². The third kappa shape index (κ3) is 3.62. The fraction of sp³-hybridized carbons (Fsp3) is 0.217. The number of benzene rings is 2. The molecule has 0 unspecified atom stereocenters. The molecule has 0 atom stereocenters. The van der Waals surface area contributed by atoms with Crippen LogP contribution in [0.1, 0.15) is 27.8 Å². The smallest absolute Gasteiger partial charge is 0.258 e. The van der Waals surface area contributed by atoms with Gasteiger partial charge in [0.05, 0.1) is 13.2 Å². The molecule has 2 aromatic heterocycles. The minimum absolute atomic E-state index is 0.123. The summed E-state index contributed by atoms with van der Waals surface area (Å²) < 4.78 is 5.53. The van der Waals surface area contributed by atoms with Crippen LogP contribution in [0, 0.1) is 20.8 Å². The summed E-state index contributed by atoms with van der Waals surface area (Å²) in [7, 11) is 0. The first kappa shape index (κ1) is 19.5. The molecule has 0 fully saturated rings. The quantitative estimate of drug-likeness (QED) is 0.485. The van der Waals surface area contributed by atoms with Gasteiger partial charge in [0, 0.05) is 11.1 Å². The molecule has 0 aliphatic carbocycles. The van der Waals surface area contributed by atoms with Gasteiger partial charge in [-0.15, -0.1) is 0 Å². The van der Waals surface area contributed by atoms with E-state index >= 15 is 0 Å². The fourth-order valence-corrected chi connectivity index (χ4v) is 4.49. The molecule has 4 rings (SSSR count). The molecule has 5 nitrogen and oxygen atoms in total. The summed E-state index contributed by atoms with van der Waals surface area (Å²) in [5, 5.41) is 27.3. The Bertz CT molecular complexity index is 1150. The van der Waals surface area contributed by atoms with Crippen molar-refractivity contribution in [2.24, 2.45) is 0 Å². The van der Waals surface area contributed by atoms with E-state index in [2.05, 4.69) is 53.8 Å². The molecule has 4 aromatic rings. The Morgan fingerprint density at radius 2 is 1.59 bits per heavy atom. The van der Waals surface area contributed by atoms with E-state index in [1.165, 1.54) is 16.7 Å². The van der Waals surface area contributed by atoms with E-state index in [9.17, 15) is 10.2 Å². The molecule has 0 radical (unpaired) electrons. The molecule has 0 bridgehead atoms. The van der Waals surface area contributed by atoms with E-state index < -0.39 is 0 Å². The molecule has 2 heterocycles. The molecular formula is C23H22N2O3S. The van der Waals surface area contributed by atoms with Crippen LogP contribution in [0.25, 0.3) is 34.0 Å². The van der Waals surface area contributed by atoms with Gasteiger partial charge in [0.1, 0.15) is 0 Å². The Morgan fingerprint density at radius 3 is 2.21 bits per heavy atom. The number of aromatic nitrogens is 2. The maximum Gasteiger partial charge on any atom is 0.258 e. The number of hydrogen-bond donors (Lipinski definition) is 2. The Balaban J connectivity index is 1.71. The highest BCUT2D eigenvalue weighted by Gasteiger charge is 2.16. The van der Waals surface area contributed by atoms with E-state index in [-0.39, 0.29) is 13.2 Å². The fourth-order valence-electron chi connectivity index (χ4n) is 3.65. The molecular weight excluding hydrogens is 384 g/mol. The maximum absolute atomic E-state index is 9.51. The SMILES string of the molecule is Cc1cscc1-c1c(C)cc(-c2nc(-c3ccc(CO)c(CO)c3)no2)cc1C. The normalized spacial score (nSPS) is 11.2. The lowest BCUT2D eigenvalue weighted by Gasteiger charge is -2.11. The monoisotopic (exact) mass is 406 g/mol. The Labute approximate surface area is 173 Å². The van der Waals surface area contributed by atoms with Crippen molar-refractivity contribution in [2.45, 2.75) is 34.0 Å². The van der Waals surface area contributed by atoms with E-state index in [4.69, 9.17) is 4.52 Å². The van der Waals surface area contributed by atoms with Gasteiger partial charge in [-0.25, -0.2) is 0 Å². The first-order chi connectivity index (χ1) is 14.0. The lowest BCUT2D eigenvalue weighted by molar-refractivity contribution is 0.260. The summed E-state index contributed by atoms with van der Waals surface area (Å²) in [5.74, 6) is 0.906. The van der Waals surface area contributed by atoms with Gasteiger partial charge in [0.2, 0.25) is 5.82 Å².